The predicted molar refractivity (Wildman–Crippen MR) is 92.0 cm³/mol. The SMILES string of the molecule is Cc1ccc([C@H]2CC(=O)Oc3ccc4cc(C)ccc4c32)cc1. The van der Waals surface area contributed by atoms with Gasteiger partial charge in [0.2, 0.25) is 0 Å². The molecule has 1 aliphatic heterocycles. The number of rotatable bonds is 1. The molecule has 1 aliphatic rings. The Morgan fingerprint density at radius 3 is 2.43 bits per heavy atom. The van der Waals surface area contributed by atoms with E-state index in [4.69, 9.17) is 4.74 Å². The topological polar surface area (TPSA) is 26.3 Å². The lowest BCUT2D eigenvalue weighted by molar-refractivity contribution is -0.135. The van der Waals surface area contributed by atoms with Crippen LogP contribution in [0.5, 0.6) is 5.75 Å². The van der Waals surface area contributed by atoms with Gasteiger partial charge in [-0.05, 0) is 36.2 Å². The molecular weight excluding hydrogens is 284 g/mol. The van der Waals surface area contributed by atoms with E-state index in [1.165, 1.54) is 27.5 Å². The number of aryl methyl sites for hydroxylation is 2. The summed E-state index contributed by atoms with van der Waals surface area (Å²) in [6, 6.07) is 18.8. The first-order valence-electron chi connectivity index (χ1n) is 7.92. The van der Waals surface area contributed by atoms with Crippen molar-refractivity contribution in [1.82, 2.24) is 0 Å². The fourth-order valence-corrected chi connectivity index (χ4v) is 3.42. The van der Waals surface area contributed by atoms with Gasteiger partial charge in [0, 0.05) is 11.5 Å². The third-order valence-electron chi connectivity index (χ3n) is 4.60. The molecule has 0 fully saturated rings. The molecule has 2 nitrogen and oxygen atoms in total. The van der Waals surface area contributed by atoms with Crippen LogP contribution in [0.2, 0.25) is 0 Å². The summed E-state index contributed by atoms with van der Waals surface area (Å²) in [5, 5.41) is 2.37. The van der Waals surface area contributed by atoms with Crippen molar-refractivity contribution in [1.29, 1.82) is 0 Å². The molecule has 114 valence electrons. The minimum absolute atomic E-state index is 0.0539. The van der Waals surface area contributed by atoms with Crippen molar-refractivity contribution in [2.75, 3.05) is 0 Å². The zero-order valence-corrected chi connectivity index (χ0v) is 13.3. The highest BCUT2D eigenvalue weighted by Crippen LogP contribution is 2.43. The van der Waals surface area contributed by atoms with Gasteiger partial charge in [0.05, 0.1) is 6.42 Å². The fourth-order valence-electron chi connectivity index (χ4n) is 3.42. The summed E-state index contributed by atoms with van der Waals surface area (Å²) in [5.74, 6) is 0.593. The third kappa shape index (κ3) is 2.40. The number of hydrogen-bond acceptors (Lipinski definition) is 2. The summed E-state index contributed by atoms with van der Waals surface area (Å²) in [4.78, 5) is 12.0. The molecule has 23 heavy (non-hydrogen) atoms. The summed E-state index contributed by atoms with van der Waals surface area (Å²) < 4.78 is 5.51. The number of esters is 1. The van der Waals surface area contributed by atoms with Gasteiger partial charge in [-0.3, -0.25) is 4.79 Å². The van der Waals surface area contributed by atoms with E-state index in [0.717, 1.165) is 5.56 Å². The summed E-state index contributed by atoms with van der Waals surface area (Å²) in [5.41, 5.74) is 4.76. The van der Waals surface area contributed by atoms with Crippen LogP contribution in [-0.4, -0.2) is 5.97 Å². The molecule has 0 bridgehead atoms. The highest BCUT2D eigenvalue weighted by molar-refractivity contribution is 5.92. The maximum absolute atomic E-state index is 12.0. The molecule has 0 aliphatic carbocycles. The van der Waals surface area contributed by atoms with Crippen LogP contribution in [0, 0.1) is 13.8 Å². The summed E-state index contributed by atoms with van der Waals surface area (Å²) in [6.45, 7) is 4.17. The summed E-state index contributed by atoms with van der Waals surface area (Å²) >= 11 is 0. The minimum Gasteiger partial charge on any atom is -0.426 e. The maximum atomic E-state index is 12.0. The first kappa shape index (κ1) is 14.0. The Balaban J connectivity index is 1.96. The smallest absolute Gasteiger partial charge is 0.312 e. The van der Waals surface area contributed by atoms with E-state index in [0.29, 0.717) is 12.2 Å². The number of benzene rings is 3. The second kappa shape index (κ2) is 5.24. The minimum atomic E-state index is -0.158. The average molecular weight is 302 g/mol. The van der Waals surface area contributed by atoms with Crippen molar-refractivity contribution >= 4 is 16.7 Å². The van der Waals surface area contributed by atoms with Crippen LogP contribution in [0.25, 0.3) is 10.8 Å². The maximum Gasteiger partial charge on any atom is 0.312 e. The third-order valence-corrected chi connectivity index (χ3v) is 4.60. The van der Waals surface area contributed by atoms with E-state index < -0.39 is 0 Å². The summed E-state index contributed by atoms with van der Waals surface area (Å²) in [7, 11) is 0. The first-order chi connectivity index (χ1) is 11.1. The van der Waals surface area contributed by atoms with Crippen molar-refractivity contribution in [2.24, 2.45) is 0 Å². The van der Waals surface area contributed by atoms with Crippen LogP contribution < -0.4 is 4.74 Å². The molecule has 0 spiro atoms. The largest absolute Gasteiger partial charge is 0.426 e. The van der Waals surface area contributed by atoms with E-state index in [2.05, 4.69) is 56.3 Å². The van der Waals surface area contributed by atoms with Crippen LogP contribution in [0.1, 0.15) is 34.6 Å². The Labute approximate surface area is 135 Å². The molecule has 0 unspecified atom stereocenters. The number of ether oxygens (including phenoxy) is 1. The van der Waals surface area contributed by atoms with Crippen molar-refractivity contribution in [3.05, 3.63) is 76.9 Å². The summed E-state index contributed by atoms with van der Waals surface area (Å²) in [6.07, 6.45) is 0.392. The second-order valence-electron chi connectivity index (χ2n) is 6.34. The molecule has 0 aromatic heterocycles. The van der Waals surface area contributed by atoms with E-state index in [1.54, 1.807) is 0 Å². The fraction of sp³-hybridized carbons (Fsp3) is 0.190. The van der Waals surface area contributed by atoms with E-state index in [9.17, 15) is 4.79 Å². The van der Waals surface area contributed by atoms with Gasteiger partial charge in [-0.15, -0.1) is 0 Å². The van der Waals surface area contributed by atoms with Crippen molar-refractivity contribution in [3.8, 4) is 5.75 Å². The molecule has 0 amide bonds. The monoisotopic (exact) mass is 302 g/mol. The zero-order chi connectivity index (χ0) is 16.0. The molecule has 4 rings (SSSR count). The van der Waals surface area contributed by atoms with E-state index >= 15 is 0 Å². The van der Waals surface area contributed by atoms with Crippen molar-refractivity contribution in [2.45, 2.75) is 26.2 Å². The van der Waals surface area contributed by atoms with Crippen LogP contribution in [0.4, 0.5) is 0 Å². The molecule has 0 saturated heterocycles. The lowest BCUT2D eigenvalue weighted by Crippen LogP contribution is -2.21. The average Bonchev–Trinajstić information content (AvgIpc) is 2.54. The Hall–Kier alpha value is -2.61. The van der Waals surface area contributed by atoms with Gasteiger partial charge >= 0.3 is 5.97 Å². The van der Waals surface area contributed by atoms with Crippen LogP contribution in [-0.2, 0) is 4.79 Å². The molecule has 0 saturated carbocycles. The normalized spacial score (nSPS) is 17.0. The first-order valence-corrected chi connectivity index (χ1v) is 7.92. The molecule has 0 radical (unpaired) electrons. The van der Waals surface area contributed by atoms with Gasteiger partial charge in [0.1, 0.15) is 5.75 Å². The standard InChI is InChI=1S/C21H18O2/c1-13-3-6-15(7-4-13)18-12-20(22)23-19-10-8-16-11-14(2)5-9-17(16)21(18)19/h3-11,18H,12H2,1-2H3/t18-/m1/s1. The quantitative estimate of drug-likeness (QED) is 0.472. The Bertz CT molecular complexity index is 907. The van der Waals surface area contributed by atoms with Crippen LogP contribution in [0.3, 0.4) is 0 Å². The van der Waals surface area contributed by atoms with Gasteiger partial charge in [-0.2, -0.15) is 0 Å². The Morgan fingerprint density at radius 1 is 0.913 bits per heavy atom. The molecule has 1 heterocycles. The van der Waals surface area contributed by atoms with Gasteiger partial charge < -0.3 is 4.74 Å². The van der Waals surface area contributed by atoms with Gasteiger partial charge in [0.25, 0.3) is 0 Å². The van der Waals surface area contributed by atoms with Crippen LogP contribution in [0.15, 0.2) is 54.6 Å². The molecule has 1 atom stereocenters. The Kier molecular flexibility index (Phi) is 3.19. The highest BCUT2D eigenvalue weighted by atomic mass is 16.5. The number of hydrogen-bond donors (Lipinski definition) is 0. The molecule has 0 N–H and O–H groups in total. The number of carbonyl (C=O) groups is 1. The highest BCUT2D eigenvalue weighted by Gasteiger charge is 2.30. The lowest BCUT2D eigenvalue weighted by atomic mass is 9.83. The molecule has 3 aromatic rings. The lowest BCUT2D eigenvalue weighted by Gasteiger charge is -2.26. The van der Waals surface area contributed by atoms with E-state index in [1.807, 2.05) is 12.1 Å². The zero-order valence-electron chi connectivity index (χ0n) is 13.3. The van der Waals surface area contributed by atoms with Crippen LogP contribution >= 0.6 is 0 Å². The van der Waals surface area contributed by atoms with Crippen molar-refractivity contribution in [3.63, 3.8) is 0 Å². The number of carbonyl (C=O) groups excluding carboxylic acids is 1. The van der Waals surface area contributed by atoms with Gasteiger partial charge in [-0.25, -0.2) is 0 Å². The van der Waals surface area contributed by atoms with Crippen molar-refractivity contribution < 1.29 is 9.53 Å². The van der Waals surface area contributed by atoms with E-state index in [-0.39, 0.29) is 11.9 Å². The second-order valence-corrected chi connectivity index (χ2v) is 6.34. The molecule has 3 aromatic carbocycles. The molecule has 2 heteroatoms. The Morgan fingerprint density at radius 2 is 1.65 bits per heavy atom. The number of fused-ring (bicyclic) bond motifs is 3. The molecular formula is C21H18O2. The van der Waals surface area contributed by atoms with Gasteiger partial charge in [-0.1, -0.05) is 59.7 Å². The van der Waals surface area contributed by atoms with Gasteiger partial charge in [0.15, 0.2) is 0 Å². The predicted octanol–water partition coefficient (Wildman–Crippen LogP) is 4.90.